The van der Waals surface area contributed by atoms with Crippen molar-refractivity contribution in [2.75, 3.05) is 0 Å². The van der Waals surface area contributed by atoms with Crippen molar-refractivity contribution in [2.24, 2.45) is 0 Å². The zero-order valence-corrected chi connectivity index (χ0v) is 13.5. The zero-order valence-electron chi connectivity index (χ0n) is 11.9. The monoisotopic (exact) mass is 328 g/mol. The van der Waals surface area contributed by atoms with Gasteiger partial charge in [-0.2, -0.15) is 5.10 Å². The highest BCUT2D eigenvalue weighted by Gasteiger charge is 2.15. The number of hydrogen-bond acceptors (Lipinski definition) is 1. The molecule has 0 fully saturated rings. The smallest absolute Gasteiger partial charge is 0.0755 e. The van der Waals surface area contributed by atoms with Gasteiger partial charge in [0.2, 0.25) is 0 Å². The molecule has 0 saturated heterocycles. The van der Waals surface area contributed by atoms with E-state index in [1.165, 1.54) is 10.9 Å². The summed E-state index contributed by atoms with van der Waals surface area (Å²) >= 11 is 3.56. The second kappa shape index (κ2) is 5.06. The van der Waals surface area contributed by atoms with Gasteiger partial charge < -0.3 is 0 Å². The molecule has 0 aliphatic rings. The Hall–Kier alpha value is -1.61. The van der Waals surface area contributed by atoms with Gasteiger partial charge in [-0.3, -0.25) is 0 Å². The van der Waals surface area contributed by atoms with Gasteiger partial charge in [0.15, 0.2) is 0 Å². The lowest BCUT2D eigenvalue weighted by Crippen LogP contribution is -2.00. The van der Waals surface area contributed by atoms with Crippen LogP contribution in [0.4, 0.5) is 0 Å². The predicted octanol–water partition coefficient (Wildman–Crippen LogP) is 5.22. The van der Waals surface area contributed by atoms with Crippen LogP contribution in [-0.4, -0.2) is 9.78 Å². The molecule has 20 heavy (non-hydrogen) atoms. The summed E-state index contributed by atoms with van der Waals surface area (Å²) in [5.41, 5.74) is 4.67. The standard InChI is InChI=1S/C17H17BrN2/c1-11(2)17-14-9-8-13(18)10-16(14)20(19-17)15-7-5-4-6-12(15)3/h4-11H,1-3H3. The fourth-order valence-electron chi connectivity index (χ4n) is 2.52. The summed E-state index contributed by atoms with van der Waals surface area (Å²) in [6.07, 6.45) is 0. The molecule has 2 aromatic carbocycles. The van der Waals surface area contributed by atoms with Crippen LogP contribution in [-0.2, 0) is 0 Å². The van der Waals surface area contributed by atoms with E-state index in [0.717, 1.165) is 21.4 Å². The number of halogens is 1. The molecular formula is C17H17BrN2. The van der Waals surface area contributed by atoms with Crippen molar-refractivity contribution in [3.63, 3.8) is 0 Å². The first-order valence-electron chi connectivity index (χ1n) is 6.82. The van der Waals surface area contributed by atoms with Crippen LogP contribution in [0.5, 0.6) is 0 Å². The Bertz CT molecular complexity index is 772. The number of para-hydroxylation sites is 1. The number of aryl methyl sites for hydroxylation is 1. The maximum Gasteiger partial charge on any atom is 0.0755 e. The molecule has 0 unspecified atom stereocenters. The van der Waals surface area contributed by atoms with E-state index < -0.39 is 0 Å². The van der Waals surface area contributed by atoms with Gasteiger partial charge in [0.05, 0.1) is 16.9 Å². The van der Waals surface area contributed by atoms with Gasteiger partial charge in [-0.05, 0) is 42.7 Å². The molecule has 1 aromatic heterocycles. The minimum absolute atomic E-state index is 0.406. The second-order valence-corrected chi connectivity index (χ2v) is 6.32. The van der Waals surface area contributed by atoms with E-state index >= 15 is 0 Å². The maximum absolute atomic E-state index is 4.86. The van der Waals surface area contributed by atoms with Crippen molar-refractivity contribution < 1.29 is 0 Å². The van der Waals surface area contributed by atoms with Crippen molar-refractivity contribution in [1.29, 1.82) is 0 Å². The first-order chi connectivity index (χ1) is 9.58. The molecule has 0 amide bonds. The van der Waals surface area contributed by atoms with Gasteiger partial charge in [-0.1, -0.05) is 48.0 Å². The molecule has 0 spiro atoms. The quantitative estimate of drug-likeness (QED) is 0.630. The van der Waals surface area contributed by atoms with Crippen LogP contribution < -0.4 is 0 Å². The van der Waals surface area contributed by atoms with Crippen LogP contribution in [0.1, 0.15) is 31.0 Å². The molecule has 0 atom stereocenters. The number of hydrogen-bond donors (Lipinski definition) is 0. The number of aromatic nitrogens is 2. The Morgan fingerprint density at radius 3 is 2.55 bits per heavy atom. The number of rotatable bonds is 2. The lowest BCUT2D eigenvalue weighted by molar-refractivity contribution is 0.777. The lowest BCUT2D eigenvalue weighted by atomic mass is 10.1. The highest BCUT2D eigenvalue weighted by molar-refractivity contribution is 9.10. The summed E-state index contributed by atoms with van der Waals surface area (Å²) in [7, 11) is 0. The van der Waals surface area contributed by atoms with E-state index in [-0.39, 0.29) is 0 Å². The van der Waals surface area contributed by atoms with E-state index in [4.69, 9.17) is 5.10 Å². The zero-order chi connectivity index (χ0) is 14.3. The molecule has 0 aliphatic heterocycles. The highest BCUT2D eigenvalue weighted by atomic mass is 79.9. The minimum Gasteiger partial charge on any atom is -0.232 e. The second-order valence-electron chi connectivity index (χ2n) is 5.40. The molecule has 0 N–H and O–H groups in total. The van der Waals surface area contributed by atoms with Crippen LogP contribution >= 0.6 is 15.9 Å². The van der Waals surface area contributed by atoms with Crippen LogP contribution in [0.3, 0.4) is 0 Å². The van der Waals surface area contributed by atoms with Crippen molar-refractivity contribution in [3.05, 3.63) is 58.2 Å². The summed E-state index contributed by atoms with van der Waals surface area (Å²) in [6.45, 7) is 6.49. The average molecular weight is 329 g/mol. The van der Waals surface area contributed by atoms with Crippen molar-refractivity contribution in [3.8, 4) is 5.69 Å². The van der Waals surface area contributed by atoms with Crippen LogP contribution in [0.15, 0.2) is 46.9 Å². The van der Waals surface area contributed by atoms with Crippen molar-refractivity contribution in [1.82, 2.24) is 9.78 Å². The Balaban J connectivity index is 2.36. The van der Waals surface area contributed by atoms with Crippen LogP contribution in [0.25, 0.3) is 16.6 Å². The van der Waals surface area contributed by atoms with Crippen LogP contribution in [0.2, 0.25) is 0 Å². The van der Waals surface area contributed by atoms with Gasteiger partial charge in [0.25, 0.3) is 0 Å². The van der Waals surface area contributed by atoms with Crippen molar-refractivity contribution >= 4 is 26.8 Å². The Morgan fingerprint density at radius 1 is 1.10 bits per heavy atom. The summed E-state index contributed by atoms with van der Waals surface area (Å²) in [5.74, 6) is 0.406. The molecule has 0 radical (unpaired) electrons. The number of benzene rings is 2. The maximum atomic E-state index is 4.86. The number of nitrogens with zero attached hydrogens (tertiary/aromatic N) is 2. The molecule has 3 aromatic rings. The molecular weight excluding hydrogens is 312 g/mol. The third-order valence-electron chi connectivity index (χ3n) is 3.56. The predicted molar refractivity (Wildman–Crippen MR) is 87.6 cm³/mol. The molecule has 3 rings (SSSR count). The normalized spacial score (nSPS) is 11.4. The lowest BCUT2D eigenvalue weighted by Gasteiger charge is -2.07. The largest absolute Gasteiger partial charge is 0.232 e. The van der Waals surface area contributed by atoms with Gasteiger partial charge >= 0.3 is 0 Å². The van der Waals surface area contributed by atoms with E-state index in [1.807, 2.05) is 0 Å². The minimum atomic E-state index is 0.406. The van der Waals surface area contributed by atoms with Gasteiger partial charge in [0, 0.05) is 9.86 Å². The summed E-state index contributed by atoms with van der Waals surface area (Å²) in [6, 6.07) is 14.7. The molecule has 3 heteroatoms. The highest BCUT2D eigenvalue weighted by Crippen LogP contribution is 2.30. The van der Waals surface area contributed by atoms with Gasteiger partial charge in [-0.25, -0.2) is 4.68 Å². The molecule has 1 heterocycles. The summed E-state index contributed by atoms with van der Waals surface area (Å²) in [4.78, 5) is 0. The third-order valence-corrected chi connectivity index (χ3v) is 4.06. The Kier molecular flexibility index (Phi) is 3.38. The topological polar surface area (TPSA) is 17.8 Å². The van der Waals surface area contributed by atoms with Crippen LogP contribution in [0, 0.1) is 6.92 Å². The van der Waals surface area contributed by atoms with Gasteiger partial charge in [-0.15, -0.1) is 0 Å². The first kappa shape index (κ1) is 13.4. The van der Waals surface area contributed by atoms with E-state index in [1.54, 1.807) is 0 Å². The van der Waals surface area contributed by atoms with E-state index in [9.17, 15) is 0 Å². The molecule has 0 bridgehead atoms. The Labute approximate surface area is 127 Å². The van der Waals surface area contributed by atoms with Gasteiger partial charge in [0.1, 0.15) is 0 Å². The molecule has 102 valence electrons. The fourth-order valence-corrected chi connectivity index (χ4v) is 2.87. The Morgan fingerprint density at radius 2 is 1.85 bits per heavy atom. The van der Waals surface area contributed by atoms with Crippen molar-refractivity contribution in [2.45, 2.75) is 26.7 Å². The fraction of sp³-hybridized carbons (Fsp3) is 0.235. The molecule has 0 aliphatic carbocycles. The third kappa shape index (κ3) is 2.16. The number of fused-ring (bicyclic) bond motifs is 1. The SMILES string of the molecule is Cc1ccccc1-n1nc(C(C)C)c2ccc(Br)cc21. The summed E-state index contributed by atoms with van der Waals surface area (Å²) in [5, 5.41) is 6.09. The molecule has 0 saturated carbocycles. The average Bonchev–Trinajstić information content (AvgIpc) is 2.78. The molecule has 2 nitrogen and oxygen atoms in total. The first-order valence-corrected chi connectivity index (χ1v) is 7.61. The van der Waals surface area contributed by atoms with E-state index in [2.05, 4.69) is 83.8 Å². The summed E-state index contributed by atoms with van der Waals surface area (Å²) < 4.78 is 3.14. The van der Waals surface area contributed by atoms with E-state index in [0.29, 0.717) is 5.92 Å².